The number of hydrogen-bond acceptors (Lipinski definition) is 25. The number of phenolic OH excluding ortho intramolecular Hbond substituents is 12. The molecule has 0 fully saturated rings. The molecule has 0 bridgehead atoms. The van der Waals surface area contributed by atoms with Gasteiger partial charge in [0.25, 0.3) is 34.1 Å². The molecule has 0 unspecified atom stereocenters. The first-order valence-corrected chi connectivity index (χ1v) is 50.0. The Hall–Kier alpha value is -10.7. The number of benzene rings is 12. The number of aryl methyl sites for hydroxylation is 3. The van der Waals surface area contributed by atoms with E-state index in [0.29, 0.717) is 48.2 Å². The summed E-state index contributed by atoms with van der Waals surface area (Å²) in [4.78, 5) is 65.5. The van der Waals surface area contributed by atoms with Gasteiger partial charge in [-0.1, -0.05) is 91.6 Å². The average Bonchev–Trinajstić information content (AvgIpc) is 0.789. The van der Waals surface area contributed by atoms with Crippen LogP contribution >= 0.6 is 47.8 Å². The fourth-order valence-electron chi connectivity index (χ4n) is 14.7. The summed E-state index contributed by atoms with van der Waals surface area (Å²) in [5.74, 6) is 0.0468. The maximum absolute atomic E-state index is 11.5. The number of halogens is 5. The molecule has 12 rings (SSSR count). The minimum Gasteiger partial charge on any atom is -1.00 e. The van der Waals surface area contributed by atoms with Crippen LogP contribution in [0.4, 0.5) is 34.1 Å². The number of para-hydroxylation sites is 3. The van der Waals surface area contributed by atoms with Gasteiger partial charge in [0.15, 0.2) is 0 Å². The molecule has 0 aliphatic rings. The van der Waals surface area contributed by atoms with Crippen molar-refractivity contribution in [1.29, 1.82) is 0 Å². The fourth-order valence-corrected chi connectivity index (χ4v) is 15.9. The second kappa shape index (κ2) is 64.5. The van der Waals surface area contributed by atoms with Crippen LogP contribution in [0.15, 0.2) is 232 Å². The molecule has 0 radical (unpaired) electrons. The maximum Gasteiger partial charge on any atom is 0.270 e. The van der Waals surface area contributed by atoms with E-state index >= 15 is 0 Å². The van der Waals surface area contributed by atoms with Crippen molar-refractivity contribution in [1.82, 2.24) is 4.90 Å². The van der Waals surface area contributed by atoms with Crippen molar-refractivity contribution >= 4 is 81.9 Å². The molecule has 0 aliphatic carbocycles. The molecule has 0 amide bonds. The molecule has 146 heavy (non-hydrogen) atoms. The molecule has 12 N–H and O–H groups in total. The van der Waals surface area contributed by atoms with E-state index in [4.69, 9.17) is 0 Å². The van der Waals surface area contributed by atoms with Gasteiger partial charge in [-0.3, -0.25) is 65.6 Å². The van der Waals surface area contributed by atoms with E-state index < -0.39 is 29.5 Å². The summed E-state index contributed by atoms with van der Waals surface area (Å²) >= 11 is 17.9. The largest absolute Gasteiger partial charge is 1.00 e. The molecule has 0 atom stereocenters. The van der Waals surface area contributed by atoms with Crippen LogP contribution in [-0.4, -0.2) is 130 Å². The zero-order chi connectivity index (χ0) is 107. The molecular formula is C103H114Br3I2Mo4N10O24+. The van der Waals surface area contributed by atoms with Crippen molar-refractivity contribution in [3.63, 3.8) is 0 Å². The third kappa shape index (κ3) is 42.8. The van der Waals surface area contributed by atoms with E-state index in [0.717, 1.165) is 127 Å². The number of phenols is 12. The Morgan fingerprint density at radius 1 is 0.267 bits per heavy atom. The summed E-state index contributed by atoms with van der Waals surface area (Å²) in [6.45, 7) is 15.3. The molecule has 0 aromatic heterocycles. The number of nitro groups is 6. The van der Waals surface area contributed by atoms with Crippen molar-refractivity contribution in [3.8, 4) is 85.8 Å². The van der Waals surface area contributed by atoms with Gasteiger partial charge in [0.05, 0.1) is 67.4 Å². The van der Waals surface area contributed by atoms with Gasteiger partial charge in [-0.15, -0.1) is 0 Å². The predicted octanol–water partition coefficient (Wildman–Crippen LogP) is 17.4. The minimum absolute atomic E-state index is 0. The Morgan fingerprint density at radius 2 is 0.438 bits per heavy atom. The first-order valence-electron chi connectivity index (χ1n) is 43.6. The van der Waals surface area contributed by atoms with E-state index in [-0.39, 0.29) is 252 Å². The summed E-state index contributed by atoms with van der Waals surface area (Å²) in [5, 5.41) is 192. The normalized spacial score (nSPS) is 10.4. The van der Waals surface area contributed by atoms with Crippen molar-refractivity contribution in [2.75, 3.05) is 21.1 Å². The minimum atomic E-state index is -0.647. The van der Waals surface area contributed by atoms with Crippen LogP contribution in [0, 0.1) is 98.3 Å². The number of nitro benzene ring substituents is 6. The smallest absolute Gasteiger partial charge is 0.270 e. The van der Waals surface area contributed by atoms with Gasteiger partial charge in [-0.2, -0.15) is 0 Å². The van der Waals surface area contributed by atoms with E-state index in [1.165, 1.54) is 62.1 Å². The van der Waals surface area contributed by atoms with E-state index in [1.807, 2.05) is 138 Å². The number of aromatic hydroxyl groups is 12. The zero-order valence-corrected chi connectivity index (χ0v) is 97.5. The average molecular weight is 2750 g/mol. The van der Waals surface area contributed by atoms with E-state index in [9.17, 15) is 122 Å². The Labute approximate surface area is 948 Å². The number of nitrogens with zero attached hydrogens (tertiary/aromatic N) is 10. The van der Waals surface area contributed by atoms with Crippen LogP contribution in [0.1, 0.15) is 144 Å². The van der Waals surface area contributed by atoms with Crippen molar-refractivity contribution in [3.05, 3.63) is 376 Å². The Morgan fingerprint density at radius 3 is 0.637 bits per heavy atom. The SMILES string of the molecule is C.CC[C]#[Mo].CC[C]#[Mo].CC[C]#[Mo].CC[C]#[Mo].C[N+](Cc1cc(Br)ccc1O)(Cc1cc(Br)ccc1O)Cc1cc(Br)ccc1O.C[N+](Cc1ccccc1O)(Cc1ccccc1O)Cc1ccccc1O.Cc1cc([N+](=O)[O-])cc(C[N+](C)(Cc2cc([N+](=O)[O-])cc(C)c2O)Cc2cc([N+](=O)[O-])cc(C)c2O)c1O.O=[N+]([O-])c1ccc(O)c(CN(Cc2cc([N+](=O)[O-])ccc2O)Cc2cc([N+](=O)[O-])ccc2O)c1.[I-].[I-]. The summed E-state index contributed by atoms with van der Waals surface area (Å²) in [6, 6.07) is 55.4. The molecule has 0 saturated heterocycles. The van der Waals surface area contributed by atoms with Gasteiger partial charge in [0.2, 0.25) is 0 Å². The molecule has 0 spiro atoms. The molecule has 0 heterocycles. The Balaban J connectivity index is 0.000000625. The third-order valence-corrected chi connectivity index (χ3v) is 25.7. The first kappa shape index (κ1) is 131. The van der Waals surface area contributed by atoms with Crippen molar-refractivity contribution in [2.24, 2.45) is 0 Å². The molecule has 34 nitrogen and oxygen atoms in total. The Bertz CT molecular complexity index is 6080. The fraction of sp³-hybridized carbons (Fsp3) is 0.262. The molecule has 12 aromatic rings. The number of non-ortho nitro benzene ring substituents is 6. The third-order valence-electron chi connectivity index (χ3n) is 21.4. The van der Waals surface area contributed by atoms with E-state index in [2.05, 4.69) is 99.3 Å². The van der Waals surface area contributed by atoms with Gasteiger partial charge in [0, 0.05) is 156 Å². The van der Waals surface area contributed by atoms with Crippen molar-refractivity contribution in [2.45, 2.75) is 160 Å². The van der Waals surface area contributed by atoms with Gasteiger partial charge < -0.3 is 123 Å². The van der Waals surface area contributed by atoms with Crippen LogP contribution in [0.3, 0.4) is 0 Å². The Kier molecular flexibility index (Phi) is 58.0. The first-order chi connectivity index (χ1) is 67.4. The molecule has 43 heteroatoms. The van der Waals surface area contributed by atoms with Crippen LogP contribution in [0.2, 0.25) is 0 Å². The monoisotopic (exact) mass is 2760 g/mol. The molecular weight excluding hydrogens is 2640 g/mol. The quantitative estimate of drug-likeness (QED) is 0.00654. The zero-order valence-electron chi connectivity index (χ0n) is 80.4. The summed E-state index contributed by atoms with van der Waals surface area (Å²) in [7, 11) is 5.75. The predicted molar refractivity (Wildman–Crippen MR) is 543 cm³/mol. The second-order valence-corrected chi connectivity index (χ2v) is 39.0. The number of rotatable bonds is 30. The van der Waals surface area contributed by atoms with Crippen LogP contribution in [0.25, 0.3) is 0 Å². The molecule has 12 aromatic carbocycles. The van der Waals surface area contributed by atoms with Gasteiger partial charge in [0.1, 0.15) is 128 Å². The maximum atomic E-state index is 11.5. The van der Waals surface area contributed by atoms with Crippen LogP contribution in [0.5, 0.6) is 69.0 Å². The van der Waals surface area contributed by atoms with Crippen LogP contribution in [-0.2, 0) is 155 Å². The number of quaternary nitrogens is 3. The number of hydrogen-bond donors (Lipinski definition) is 12. The van der Waals surface area contributed by atoms with Gasteiger partial charge in [-0.05, 0) is 147 Å². The van der Waals surface area contributed by atoms with Gasteiger partial charge in [-0.25, -0.2) is 0 Å². The second-order valence-electron chi connectivity index (χ2n) is 33.4. The van der Waals surface area contributed by atoms with E-state index in [1.54, 1.807) is 79.8 Å². The summed E-state index contributed by atoms with van der Waals surface area (Å²) < 4.78 is 15.1. The molecule has 778 valence electrons. The van der Waals surface area contributed by atoms with Gasteiger partial charge >= 0.3 is 147 Å². The summed E-state index contributed by atoms with van der Waals surface area (Å²) in [6.07, 6.45) is 4.30. The standard InChI is InChI=1S/C25H26N4O9.C22H20Br3NO3.C22H23NO3.C21H18N4O9.4C3H5.CH4.2HI.4Mo/c1-14-5-20(26(33)34)8-17(23(14)30)11-29(4,12-18-9-21(27(35)36)6-15(2)24(18)31)13-19-10-22(28(37)38)7-16(3)25(19)32;1-26(11-14-8-17(23)2-5-20(14)27,12-15-9-18(24)3-6-21(15)28)13-16-10-19(25)4-7-22(16)29;1-23(14-17-8-2-5-11-20(17)24,15-18-9-3-6-12-21(18)25)16-19-10-4-7-13-22(19)26;26-19-4-1-16(23(29)30)7-13(19)10-22(11-14-8-17(24(31)32)2-5-20(14)27)12-15-9-18(25(33)34)3-6-21(15)28;4*1-3-2;;;;;;;/h5-10H,11-13H2,1-4H3,(H2-,30,31,32);2-10H,11-13H2,1H3,(H2-,27,28,29);2-13H,14-16H2,1H3,(H2-,24,25,26);1-9,26-28H,10-12H2;4*3H2,1H3;1H4;2*1H;;;;/p+1. The molecule has 0 saturated carbocycles. The van der Waals surface area contributed by atoms with Crippen LogP contribution < -0.4 is 48.0 Å². The summed E-state index contributed by atoms with van der Waals surface area (Å²) in [5.41, 5.74) is 4.91. The van der Waals surface area contributed by atoms with Crippen molar-refractivity contribution < 1.29 is 229 Å². The molecule has 0 aliphatic heterocycles. The topological polar surface area (TPSA) is 505 Å².